The molecule has 0 heterocycles. The predicted octanol–water partition coefficient (Wildman–Crippen LogP) is 4.16. The van der Waals surface area contributed by atoms with Crippen molar-refractivity contribution in [3.63, 3.8) is 0 Å². The molecule has 0 fully saturated rings. The van der Waals surface area contributed by atoms with Crippen molar-refractivity contribution in [2.24, 2.45) is 0 Å². The summed E-state index contributed by atoms with van der Waals surface area (Å²) in [5.74, 6) is -0.260. The molecule has 28 heavy (non-hydrogen) atoms. The second-order valence-corrected chi connectivity index (χ2v) is 6.50. The highest BCUT2D eigenvalue weighted by atomic mass is 16.3. The molecule has 2 N–H and O–H groups in total. The Morgan fingerprint density at radius 3 is 2.29 bits per heavy atom. The number of aliphatic hydroxyl groups excluding tert-OH is 1. The van der Waals surface area contributed by atoms with Gasteiger partial charge in [0, 0.05) is 19.0 Å². The molecular weight excluding hydrogens is 350 g/mol. The minimum Gasteiger partial charge on any atom is -0.389 e. The average Bonchev–Trinajstić information content (AvgIpc) is 2.74. The van der Waals surface area contributed by atoms with Crippen LogP contribution >= 0.6 is 0 Å². The zero-order valence-corrected chi connectivity index (χ0v) is 16.0. The maximum absolute atomic E-state index is 11.7. The molecule has 0 aliphatic carbocycles. The summed E-state index contributed by atoms with van der Waals surface area (Å²) in [6, 6.07) is 18.5. The van der Waals surface area contributed by atoms with Gasteiger partial charge in [0.05, 0.1) is 0 Å². The third-order valence-corrected chi connectivity index (χ3v) is 4.27. The van der Waals surface area contributed by atoms with Crippen LogP contribution in [0.1, 0.15) is 31.2 Å². The van der Waals surface area contributed by atoms with Crippen LogP contribution < -0.4 is 5.32 Å². The molecule has 146 valence electrons. The molecule has 0 spiro atoms. The van der Waals surface area contributed by atoms with Gasteiger partial charge < -0.3 is 10.4 Å². The van der Waals surface area contributed by atoms with Crippen molar-refractivity contribution < 1.29 is 14.7 Å². The van der Waals surface area contributed by atoms with Gasteiger partial charge in [-0.05, 0) is 29.5 Å². The van der Waals surface area contributed by atoms with E-state index in [1.165, 1.54) is 17.2 Å². The van der Waals surface area contributed by atoms with Crippen LogP contribution in [-0.4, -0.2) is 29.9 Å². The first-order valence-corrected chi connectivity index (χ1v) is 9.59. The molecule has 4 heteroatoms. The van der Waals surface area contributed by atoms with Crippen molar-refractivity contribution in [1.29, 1.82) is 0 Å². The fourth-order valence-electron chi connectivity index (χ4n) is 2.70. The van der Waals surface area contributed by atoms with Crippen molar-refractivity contribution in [2.75, 3.05) is 13.2 Å². The number of allylic oxidation sites excluding steroid dienone is 2. The van der Waals surface area contributed by atoms with Gasteiger partial charge in [-0.15, -0.1) is 0 Å². The molecule has 2 rings (SSSR count). The fourth-order valence-corrected chi connectivity index (χ4v) is 2.70. The number of amides is 1. The smallest absolute Gasteiger partial charge is 0.243 e. The van der Waals surface area contributed by atoms with Gasteiger partial charge in [0.25, 0.3) is 0 Å². The minimum absolute atomic E-state index is 0.129. The van der Waals surface area contributed by atoms with Crippen molar-refractivity contribution in [2.45, 2.75) is 25.7 Å². The number of carbonyl (C=O) groups is 2. The number of hydrogen-bond donors (Lipinski definition) is 2. The average molecular weight is 377 g/mol. The van der Waals surface area contributed by atoms with E-state index in [1.807, 2.05) is 42.5 Å². The summed E-state index contributed by atoms with van der Waals surface area (Å²) in [4.78, 5) is 22.7. The molecule has 2 aromatic rings. The first kappa shape index (κ1) is 21.3. The van der Waals surface area contributed by atoms with Gasteiger partial charge in [0.1, 0.15) is 6.61 Å². The Bertz CT molecular complexity index is 792. The molecular formula is C24H27NO3. The second kappa shape index (κ2) is 12.4. The third-order valence-electron chi connectivity index (χ3n) is 4.27. The molecule has 0 aliphatic rings. The SMILES string of the molecule is O=C(CO)CCCCCNC(=O)/C=C/C=C/c1ccc(-c2ccccc2)cc1. The summed E-state index contributed by atoms with van der Waals surface area (Å²) in [5.41, 5.74) is 3.44. The van der Waals surface area contributed by atoms with Gasteiger partial charge in [0.15, 0.2) is 5.78 Å². The van der Waals surface area contributed by atoms with Gasteiger partial charge in [0.2, 0.25) is 5.91 Å². The standard InChI is InChI=1S/C24H27NO3/c26-19-23(27)12-5-2-8-18-25-24(28)13-7-6-9-20-14-16-22(17-15-20)21-10-3-1-4-11-21/h1,3-4,6-7,9-11,13-17,26H,2,5,8,12,18-19H2,(H,25,28)/b9-6+,13-7+. The molecule has 0 aliphatic heterocycles. The number of ketones is 1. The van der Waals surface area contributed by atoms with Gasteiger partial charge in [-0.25, -0.2) is 0 Å². The lowest BCUT2D eigenvalue weighted by Gasteiger charge is -2.02. The van der Waals surface area contributed by atoms with Crippen molar-refractivity contribution in [3.05, 3.63) is 78.4 Å². The predicted molar refractivity (Wildman–Crippen MR) is 114 cm³/mol. The summed E-state index contributed by atoms with van der Waals surface area (Å²) >= 11 is 0. The summed E-state index contributed by atoms with van der Waals surface area (Å²) < 4.78 is 0. The van der Waals surface area contributed by atoms with E-state index < -0.39 is 0 Å². The van der Waals surface area contributed by atoms with E-state index in [1.54, 1.807) is 6.08 Å². The fraction of sp³-hybridized carbons (Fsp3) is 0.250. The van der Waals surface area contributed by atoms with E-state index in [0.717, 1.165) is 24.8 Å². The molecule has 0 unspecified atom stereocenters. The minimum atomic E-state index is -0.383. The lowest BCUT2D eigenvalue weighted by molar-refractivity contribution is -0.122. The zero-order valence-electron chi connectivity index (χ0n) is 16.0. The van der Waals surface area contributed by atoms with Crippen LogP contribution in [-0.2, 0) is 9.59 Å². The summed E-state index contributed by atoms with van der Waals surface area (Å²) in [5, 5.41) is 11.4. The Hall–Kier alpha value is -2.98. The van der Waals surface area contributed by atoms with Crippen LogP contribution in [0.3, 0.4) is 0 Å². The van der Waals surface area contributed by atoms with Crippen LogP contribution in [0.25, 0.3) is 17.2 Å². The largest absolute Gasteiger partial charge is 0.389 e. The van der Waals surface area contributed by atoms with Crippen molar-refractivity contribution in [3.8, 4) is 11.1 Å². The molecule has 0 radical (unpaired) electrons. The summed E-state index contributed by atoms with van der Waals surface area (Å²) in [6.45, 7) is 0.202. The number of aliphatic hydroxyl groups is 1. The number of benzene rings is 2. The Morgan fingerprint density at radius 2 is 1.57 bits per heavy atom. The molecule has 4 nitrogen and oxygen atoms in total. The first-order chi connectivity index (χ1) is 13.7. The quantitative estimate of drug-likeness (QED) is 0.351. The number of rotatable bonds is 11. The van der Waals surface area contributed by atoms with Gasteiger partial charge in [-0.1, -0.05) is 79.2 Å². The summed E-state index contributed by atoms with van der Waals surface area (Å²) in [7, 11) is 0. The lowest BCUT2D eigenvalue weighted by atomic mass is 10.0. The van der Waals surface area contributed by atoms with Gasteiger partial charge >= 0.3 is 0 Å². The second-order valence-electron chi connectivity index (χ2n) is 6.50. The Kier molecular flexibility index (Phi) is 9.45. The molecule has 0 aromatic heterocycles. The van der Waals surface area contributed by atoms with Crippen LogP contribution in [0.4, 0.5) is 0 Å². The highest BCUT2D eigenvalue weighted by Gasteiger charge is 1.99. The van der Waals surface area contributed by atoms with E-state index in [4.69, 9.17) is 5.11 Å². The Morgan fingerprint density at radius 1 is 0.857 bits per heavy atom. The van der Waals surface area contributed by atoms with Crippen LogP contribution in [0, 0.1) is 0 Å². The van der Waals surface area contributed by atoms with E-state index in [-0.39, 0.29) is 18.3 Å². The first-order valence-electron chi connectivity index (χ1n) is 9.59. The van der Waals surface area contributed by atoms with Gasteiger partial charge in [-0.2, -0.15) is 0 Å². The van der Waals surface area contributed by atoms with E-state index in [9.17, 15) is 9.59 Å². The Balaban J connectivity index is 1.67. The number of hydrogen-bond acceptors (Lipinski definition) is 3. The van der Waals surface area contributed by atoms with E-state index in [2.05, 4.69) is 29.6 Å². The topological polar surface area (TPSA) is 66.4 Å². The summed E-state index contributed by atoms with van der Waals surface area (Å²) in [6.07, 6.45) is 9.85. The van der Waals surface area contributed by atoms with E-state index >= 15 is 0 Å². The molecule has 0 saturated carbocycles. The van der Waals surface area contributed by atoms with Crippen LogP contribution in [0.2, 0.25) is 0 Å². The molecule has 0 bridgehead atoms. The van der Waals surface area contributed by atoms with Gasteiger partial charge in [-0.3, -0.25) is 9.59 Å². The maximum atomic E-state index is 11.7. The number of Topliss-reactive ketones (excluding diaryl/α,β-unsaturated/α-hetero) is 1. The lowest BCUT2D eigenvalue weighted by Crippen LogP contribution is -2.22. The van der Waals surface area contributed by atoms with Crippen LogP contribution in [0.15, 0.2) is 72.8 Å². The highest BCUT2D eigenvalue weighted by Crippen LogP contribution is 2.19. The number of nitrogens with one attached hydrogen (secondary N) is 1. The number of unbranched alkanes of at least 4 members (excludes halogenated alkanes) is 2. The van der Waals surface area contributed by atoms with Crippen molar-refractivity contribution >= 4 is 17.8 Å². The third kappa shape index (κ3) is 8.14. The highest BCUT2D eigenvalue weighted by molar-refractivity contribution is 5.87. The number of carbonyl (C=O) groups excluding carboxylic acids is 2. The molecule has 1 amide bonds. The zero-order chi connectivity index (χ0) is 20.0. The maximum Gasteiger partial charge on any atom is 0.243 e. The van der Waals surface area contributed by atoms with E-state index in [0.29, 0.717) is 13.0 Å². The molecule has 2 aromatic carbocycles. The monoisotopic (exact) mass is 377 g/mol. The Labute approximate surface area is 166 Å². The van der Waals surface area contributed by atoms with Crippen LogP contribution in [0.5, 0.6) is 0 Å². The molecule has 0 atom stereocenters. The molecule has 0 saturated heterocycles. The van der Waals surface area contributed by atoms with Crippen molar-refractivity contribution in [1.82, 2.24) is 5.32 Å². The normalized spacial score (nSPS) is 11.2.